The highest BCUT2D eigenvalue weighted by molar-refractivity contribution is 7.98. The van der Waals surface area contributed by atoms with Gasteiger partial charge in [0.15, 0.2) is 5.16 Å². The molecule has 1 N–H and O–H groups in total. The highest BCUT2D eigenvalue weighted by atomic mass is 35.5. The van der Waals surface area contributed by atoms with Gasteiger partial charge in [-0.3, -0.25) is 9.78 Å². The molecule has 0 bridgehead atoms. The van der Waals surface area contributed by atoms with Crippen molar-refractivity contribution in [3.8, 4) is 0 Å². The fraction of sp³-hybridized carbons (Fsp3) is 0.138. The van der Waals surface area contributed by atoms with Crippen LogP contribution >= 0.6 is 23.4 Å². The average Bonchev–Trinajstić information content (AvgIpc) is 3.26. The molecule has 5 rings (SSSR count). The minimum atomic E-state index is -0.358. The first-order chi connectivity index (χ1) is 18.0. The molecule has 0 saturated heterocycles. The first kappa shape index (κ1) is 25.0. The molecule has 8 heteroatoms. The number of amides is 1. The van der Waals surface area contributed by atoms with E-state index in [2.05, 4.69) is 14.9 Å². The summed E-state index contributed by atoms with van der Waals surface area (Å²) < 4.78 is 15.5. The third-order valence-electron chi connectivity index (χ3n) is 6.09. The van der Waals surface area contributed by atoms with Crippen LogP contribution in [0.5, 0.6) is 0 Å². The lowest BCUT2D eigenvalue weighted by atomic mass is 10.1. The molecule has 0 aliphatic carbocycles. The molecule has 0 fully saturated rings. The maximum absolute atomic E-state index is 13.4. The second kappa shape index (κ2) is 11.2. The van der Waals surface area contributed by atoms with Crippen LogP contribution in [-0.2, 0) is 12.3 Å². The minimum Gasteiger partial charge on any atom is -0.346 e. The van der Waals surface area contributed by atoms with Gasteiger partial charge < -0.3 is 9.88 Å². The van der Waals surface area contributed by atoms with Crippen molar-refractivity contribution in [3.63, 3.8) is 0 Å². The Labute approximate surface area is 223 Å². The number of carbonyl (C=O) groups is 1. The van der Waals surface area contributed by atoms with Gasteiger partial charge in [-0.15, -0.1) is 0 Å². The number of imidazole rings is 1. The lowest BCUT2D eigenvalue weighted by molar-refractivity contribution is 0.0940. The van der Waals surface area contributed by atoms with Gasteiger partial charge in [0, 0.05) is 22.5 Å². The van der Waals surface area contributed by atoms with Gasteiger partial charge in [0.25, 0.3) is 5.91 Å². The Bertz CT molecular complexity index is 1540. The number of hydrogen-bond donors (Lipinski definition) is 1. The van der Waals surface area contributed by atoms with Gasteiger partial charge in [-0.1, -0.05) is 71.9 Å². The second-order valence-electron chi connectivity index (χ2n) is 8.67. The van der Waals surface area contributed by atoms with E-state index < -0.39 is 0 Å². The third kappa shape index (κ3) is 5.84. The van der Waals surface area contributed by atoms with Gasteiger partial charge in [0.2, 0.25) is 0 Å². The first-order valence-corrected chi connectivity index (χ1v) is 13.2. The Kier molecular flexibility index (Phi) is 7.53. The van der Waals surface area contributed by atoms with E-state index in [-0.39, 0.29) is 17.8 Å². The summed E-state index contributed by atoms with van der Waals surface area (Å²) in [5, 5.41) is 4.25. The molecule has 2 aromatic heterocycles. The standard InChI is InChI=1S/C29H24ClFN4OS/c1-19(21-5-3-2-4-6-21)33-28(36)22-9-7-20(8-10-22)17-35-27-16-32-14-13-26(27)34-29(35)37-18-23-11-12-24(31)15-25(23)30/h2-16,19H,17-18H2,1H3,(H,33,36). The van der Waals surface area contributed by atoms with Crippen LogP contribution in [0.15, 0.2) is 96.4 Å². The molecule has 3 aromatic carbocycles. The van der Waals surface area contributed by atoms with E-state index in [0.717, 1.165) is 32.9 Å². The fourth-order valence-corrected chi connectivity index (χ4v) is 5.37. The molecule has 186 valence electrons. The number of nitrogens with zero attached hydrogens (tertiary/aromatic N) is 3. The van der Waals surface area contributed by atoms with E-state index in [0.29, 0.717) is 22.9 Å². The summed E-state index contributed by atoms with van der Waals surface area (Å²) >= 11 is 7.76. The zero-order valence-corrected chi connectivity index (χ0v) is 21.6. The van der Waals surface area contributed by atoms with Crippen LogP contribution in [-0.4, -0.2) is 20.4 Å². The van der Waals surface area contributed by atoms with Crippen LogP contribution in [0.1, 0.15) is 40.0 Å². The van der Waals surface area contributed by atoms with Crippen LogP contribution in [0.4, 0.5) is 4.39 Å². The fourth-order valence-electron chi connectivity index (χ4n) is 4.04. The smallest absolute Gasteiger partial charge is 0.251 e. The minimum absolute atomic E-state index is 0.0904. The normalized spacial score (nSPS) is 12.0. The zero-order valence-electron chi connectivity index (χ0n) is 20.1. The van der Waals surface area contributed by atoms with Crippen molar-refractivity contribution in [2.75, 3.05) is 0 Å². The molecule has 0 aliphatic heterocycles. The average molecular weight is 531 g/mol. The monoisotopic (exact) mass is 530 g/mol. The van der Waals surface area contributed by atoms with Crippen molar-refractivity contribution >= 4 is 40.3 Å². The first-order valence-electron chi connectivity index (χ1n) is 11.8. The van der Waals surface area contributed by atoms with Crippen LogP contribution in [0.2, 0.25) is 5.02 Å². The molecule has 0 aliphatic rings. The quantitative estimate of drug-likeness (QED) is 0.218. The van der Waals surface area contributed by atoms with Crippen molar-refractivity contribution < 1.29 is 9.18 Å². The number of hydrogen-bond acceptors (Lipinski definition) is 4. The number of benzene rings is 3. The van der Waals surface area contributed by atoms with Crippen molar-refractivity contribution in [2.45, 2.75) is 30.4 Å². The Balaban J connectivity index is 1.33. The molecule has 5 aromatic rings. The molecule has 2 heterocycles. The summed E-state index contributed by atoms with van der Waals surface area (Å²) in [6.07, 6.45) is 3.51. The van der Waals surface area contributed by atoms with Crippen molar-refractivity contribution in [3.05, 3.63) is 124 Å². The van der Waals surface area contributed by atoms with E-state index in [1.165, 1.54) is 23.9 Å². The van der Waals surface area contributed by atoms with Gasteiger partial charge in [-0.05, 0) is 53.9 Å². The lowest BCUT2D eigenvalue weighted by Gasteiger charge is -2.15. The summed E-state index contributed by atoms with van der Waals surface area (Å²) in [7, 11) is 0. The predicted molar refractivity (Wildman–Crippen MR) is 146 cm³/mol. The summed E-state index contributed by atoms with van der Waals surface area (Å²) in [5.41, 5.74) is 5.27. The largest absolute Gasteiger partial charge is 0.346 e. The maximum Gasteiger partial charge on any atom is 0.251 e. The van der Waals surface area contributed by atoms with Gasteiger partial charge in [0.05, 0.1) is 29.8 Å². The summed E-state index contributed by atoms with van der Waals surface area (Å²) in [6.45, 7) is 2.53. The molecule has 0 radical (unpaired) electrons. The highest BCUT2D eigenvalue weighted by Crippen LogP contribution is 2.30. The van der Waals surface area contributed by atoms with E-state index >= 15 is 0 Å². The number of carbonyl (C=O) groups excluding carboxylic acids is 1. The molecule has 1 amide bonds. The zero-order chi connectivity index (χ0) is 25.8. The van der Waals surface area contributed by atoms with Crippen LogP contribution in [0.3, 0.4) is 0 Å². The SMILES string of the molecule is CC(NC(=O)c1ccc(Cn2c(SCc3ccc(F)cc3Cl)nc3ccncc32)cc1)c1ccccc1. The van der Waals surface area contributed by atoms with Gasteiger partial charge in [-0.25, -0.2) is 9.37 Å². The molecule has 1 unspecified atom stereocenters. The van der Waals surface area contributed by atoms with Crippen LogP contribution in [0.25, 0.3) is 11.0 Å². The number of aromatic nitrogens is 3. The number of rotatable bonds is 8. The van der Waals surface area contributed by atoms with Crippen LogP contribution < -0.4 is 5.32 Å². The summed E-state index contributed by atoms with van der Waals surface area (Å²) in [4.78, 5) is 21.8. The highest BCUT2D eigenvalue weighted by Gasteiger charge is 2.15. The summed E-state index contributed by atoms with van der Waals surface area (Å²) in [5.74, 6) is 0.0745. The van der Waals surface area contributed by atoms with Gasteiger partial charge >= 0.3 is 0 Å². The Morgan fingerprint density at radius 2 is 1.86 bits per heavy atom. The van der Waals surface area contributed by atoms with Crippen molar-refractivity contribution in [1.29, 1.82) is 0 Å². The van der Waals surface area contributed by atoms with E-state index in [4.69, 9.17) is 16.6 Å². The number of halogens is 2. The number of nitrogens with one attached hydrogen (secondary N) is 1. The molecule has 37 heavy (non-hydrogen) atoms. The molecular weight excluding hydrogens is 507 g/mol. The number of thioether (sulfide) groups is 1. The van der Waals surface area contributed by atoms with Gasteiger partial charge in [-0.2, -0.15) is 0 Å². The topological polar surface area (TPSA) is 59.8 Å². The number of pyridine rings is 1. The second-order valence-corrected chi connectivity index (χ2v) is 10.0. The summed E-state index contributed by atoms with van der Waals surface area (Å²) in [6, 6.07) is 23.7. The maximum atomic E-state index is 13.4. The van der Waals surface area contributed by atoms with E-state index in [9.17, 15) is 9.18 Å². The van der Waals surface area contributed by atoms with E-state index in [1.54, 1.807) is 18.5 Å². The number of fused-ring (bicyclic) bond motifs is 1. The van der Waals surface area contributed by atoms with Gasteiger partial charge in [0.1, 0.15) is 5.82 Å². The lowest BCUT2D eigenvalue weighted by Crippen LogP contribution is -2.26. The molecule has 0 spiro atoms. The predicted octanol–water partition coefficient (Wildman–Crippen LogP) is 7.06. The Hall–Kier alpha value is -3.68. The molecule has 5 nitrogen and oxygen atoms in total. The van der Waals surface area contributed by atoms with Crippen LogP contribution in [0, 0.1) is 5.82 Å². The van der Waals surface area contributed by atoms with Crippen molar-refractivity contribution in [1.82, 2.24) is 19.9 Å². The Morgan fingerprint density at radius 3 is 2.62 bits per heavy atom. The van der Waals surface area contributed by atoms with E-state index in [1.807, 2.05) is 67.6 Å². The molecular formula is C29H24ClFN4OS. The Morgan fingerprint density at radius 1 is 1.08 bits per heavy atom. The third-order valence-corrected chi connectivity index (χ3v) is 7.47. The van der Waals surface area contributed by atoms with Crippen molar-refractivity contribution in [2.24, 2.45) is 0 Å². The molecule has 1 atom stereocenters. The molecule has 0 saturated carbocycles.